The normalized spacial score (nSPS) is 19.6. The zero-order chi connectivity index (χ0) is 36.4. The van der Waals surface area contributed by atoms with E-state index in [2.05, 4.69) is 10.6 Å². The number of aromatic hydroxyl groups is 1. The molecule has 4 atom stereocenters. The van der Waals surface area contributed by atoms with E-state index in [1.165, 1.54) is 65.2 Å². The van der Waals surface area contributed by atoms with Crippen LogP contribution in [0.15, 0.2) is 94.1 Å². The quantitative estimate of drug-likeness (QED) is 0.115. The monoisotopic (exact) mass is 707 g/mol. The minimum absolute atomic E-state index is 0.0816. The van der Waals surface area contributed by atoms with Crippen LogP contribution in [0, 0.1) is 0 Å². The maximum Gasteiger partial charge on any atom is 0.336 e. The predicted octanol–water partition coefficient (Wildman–Crippen LogP) is 4.07. The van der Waals surface area contributed by atoms with Crippen molar-refractivity contribution in [1.29, 1.82) is 0 Å². The first-order valence-electron chi connectivity index (χ1n) is 15.7. The molecule has 2 saturated heterocycles. The molecule has 5 N–H and O–H groups in total. The summed E-state index contributed by atoms with van der Waals surface area (Å²) in [6.45, 7) is 3.44. The van der Waals surface area contributed by atoms with Crippen LogP contribution in [0.3, 0.4) is 0 Å². The molecule has 14 heteroatoms. The number of thioether (sulfide) groups is 1. The number of β-lactam (4-membered cyclic amide) rings is 1. The number of fused-ring (bicyclic) bond motifs is 3. The Balaban J connectivity index is 1.22. The molecule has 4 aliphatic rings. The molecule has 0 bridgehead atoms. The van der Waals surface area contributed by atoms with Crippen LogP contribution in [0.2, 0.25) is 0 Å². The Morgan fingerprint density at radius 3 is 2.33 bits per heavy atom. The Bertz CT molecular complexity index is 2320. The number of aromatic carboxylic acids is 1. The summed E-state index contributed by atoms with van der Waals surface area (Å²) in [6, 6.07) is 17.3. The number of carbonyl (C=O) groups is 5. The average molecular weight is 708 g/mol. The average Bonchev–Trinajstić information content (AvgIpc) is 3.35. The predicted molar refractivity (Wildman–Crippen MR) is 185 cm³/mol. The van der Waals surface area contributed by atoms with Crippen molar-refractivity contribution >= 4 is 52.4 Å². The van der Waals surface area contributed by atoms with Gasteiger partial charge in [-0.25, -0.2) is 9.59 Å². The van der Waals surface area contributed by atoms with Crippen LogP contribution in [0.25, 0.3) is 33.4 Å². The summed E-state index contributed by atoms with van der Waals surface area (Å²) in [7, 11) is 0. The van der Waals surface area contributed by atoms with Crippen molar-refractivity contribution in [3.05, 3.63) is 112 Å². The van der Waals surface area contributed by atoms with E-state index in [-0.39, 0.29) is 39.2 Å². The zero-order valence-electron chi connectivity index (χ0n) is 26.9. The fraction of sp³-hybridized carbons (Fsp3) is 0.189. The van der Waals surface area contributed by atoms with Crippen molar-refractivity contribution in [2.45, 2.75) is 42.1 Å². The van der Waals surface area contributed by atoms with E-state index in [1.54, 1.807) is 50.2 Å². The lowest BCUT2D eigenvalue weighted by atomic mass is 9.89. The molecule has 13 nitrogen and oxygen atoms in total. The van der Waals surface area contributed by atoms with Crippen LogP contribution in [0.1, 0.15) is 46.2 Å². The van der Waals surface area contributed by atoms with Gasteiger partial charge in [0, 0.05) is 39.0 Å². The van der Waals surface area contributed by atoms with Crippen LogP contribution in [0.5, 0.6) is 5.75 Å². The summed E-state index contributed by atoms with van der Waals surface area (Å²) < 4.78 is 5.07. The number of hydrogen-bond donors (Lipinski definition) is 5. The Hall–Kier alpha value is -6.15. The van der Waals surface area contributed by atoms with Gasteiger partial charge in [-0.05, 0) is 61.4 Å². The largest absolute Gasteiger partial charge is 0.508 e. The number of amides is 3. The number of phenols is 1. The maximum absolute atomic E-state index is 13.8. The highest BCUT2D eigenvalue weighted by Gasteiger charge is 2.64. The number of rotatable bonds is 8. The Morgan fingerprint density at radius 1 is 0.902 bits per heavy atom. The standard InChI is InChI=1S/C37H29N3O10S/c1-37(2)30(36(48)49)40-33(45)29(34(40)51-37)39-32(44)28(17-6-4-3-5-7-17)38-31(43)18-8-11-21(24(14-18)35(46)47)27-22-12-9-19(41)15-25(22)50-26-16-20(42)10-13-23(26)27/h3-16,28-30,34,41H,1-2H3,(H,38,43)(H,39,44)(H,46,47)(H,48,49)/t28-,29-,30+,34-/m1/s1. The van der Waals surface area contributed by atoms with E-state index in [9.17, 15) is 44.1 Å². The SMILES string of the molecule is CC1(C)S[C@@H]2[C@H](NC(=O)[C@H](NC(=O)c3ccc(-c4c5ccc(=O)cc-5oc5cc(O)ccc45)c(C(=O)O)c3)c3ccccc3)C(=O)N2[C@H]1C(=O)O. The number of nitrogens with zero attached hydrogens (tertiary/aromatic N) is 1. The van der Waals surface area contributed by atoms with Crippen LogP contribution in [-0.2, 0) is 14.4 Å². The highest BCUT2D eigenvalue weighted by Crippen LogP contribution is 2.51. The molecular weight excluding hydrogens is 678 g/mol. The molecule has 2 fully saturated rings. The maximum atomic E-state index is 13.8. The molecule has 0 saturated carbocycles. The molecule has 0 aromatic heterocycles. The van der Waals surface area contributed by atoms with Gasteiger partial charge in [0.05, 0.1) is 5.56 Å². The van der Waals surface area contributed by atoms with Crippen molar-refractivity contribution in [2.75, 3.05) is 0 Å². The van der Waals surface area contributed by atoms with Gasteiger partial charge >= 0.3 is 11.9 Å². The van der Waals surface area contributed by atoms with Crippen molar-refractivity contribution < 1.29 is 43.7 Å². The minimum atomic E-state index is -1.36. The first kappa shape index (κ1) is 33.4. The first-order valence-corrected chi connectivity index (χ1v) is 16.6. The summed E-state index contributed by atoms with van der Waals surface area (Å²) in [6.07, 6.45) is 0. The highest BCUT2D eigenvalue weighted by molar-refractivity contribution is 8.01. The van der Waals surface area contributed by atoms with Gasteiger partial charge in [0.2, 0.25) is 11.8 Å². The van der Waals surface area contributed by atoms with Gasteiger partial charge in [0.1, 0.15) is 40.6 Å². The molecule has 3 aromatic carbocycles. The number of carboxylic acid groups (broad SMARTS) is 2. The van der Waals surface area contributed by atoms with Gasteiger partial charge in [-0.3, -0.25) is 19.2 Å². The van der Waals surface area contributed by atoms with Crippen molar-refractivity contribution in [3.63, 3.8) is 0 Å². The zero-order valence-corrected chi connectivity index (χ0v) is 27.8. The molecule has 1 aliphatic carbocycles. The molecule has 3 heterocycles. The molecule has 7 rings (SSSR count). The Morgan fingerprint density at radius 2 is 1.63 bits per heavy atom. The third kappa shape index (κ3) is 5.72. The van der Waals surface area contributed by atoms with Gasteiger partial charge in [-0.15, -0.1) is 11.8 Å². The van der Waals surface area contributed by atoms with E-state index in [1.807, 2.05) is 0 Å². The lowest BCUT2D eigenvalue weighted by molar-refractivity contribution is -0.161. The number of carboxylic acids is 2. The Labute approximate surface area is 293 Å². The molecule has 3 aromatic rings. The first-order chi connectivity index (χ1) is 24.2. The Kier molecular flexibility index (Phi) is 8.05. The molecular formula is C37H29N3O10S. The molecule has 0 spiro atoms. The number of aliphatic carboxylic acids is 1. The molecule has 0 radical (unpaired) electrons. The van der Waals surface area contributed by atoms with E-state index >= 15 is 0 Å². The molecule has 51 heavy (non-hydrogen) atoms. The molecule has 258 valence electrons. The van der Waals surface area contributed by atoms with Gasteiger partial charge in [0.25, 0.3) is 5.91 Å². The van der Waals surface area contributed by atoms with Gasteiger partial charge in [-0.1, -0.05) is 36.4 Å². The minimum Gasteiger partial charge on any atom is -0.508 e. The van der Waals surface area contributed by atoms with Gasteiger partial charge in [-0.2, -0.15) is 0 Å². The third-order valence-electron chi connectivity index (χ3n) is 9.10. The lowest BCUT2D eigenvalue weighted by Crippen LogP contribution is -2.71. The second kappa shape index (κ2) is 12.3. The van der Waals surface area contributed by atoms with Crippen LogP contribution < -0.4 is 16.1 Å². The van der Waals surface area contributed by atoms with E-state index in [0.29, 0.717) is 22.1 Å². The number of nitrogens with one attached hydrogen (secondary N) is 2. The van der Waals surface area contributed by atoms with E-state index in [0.717, 1.165) is 0 Å². The summed E-state index contributed by atoms with van der Waals surface area (Å²) in [4.78, 5) is 78.7. The summed E-state index contributed by atoms with van der Waals surface area (Å²) in [5.41, 5.74) is 0.934. The number of phenolic OH excluding ortho intramolecular Hbond substituents is 1. The summed E-state index contributed by atoms with van der Waals surface area (Å²) in [5.74, 6) is -4.49. The molecule has 0 unspecified atom stereocenters. The number of benzene rings is 4. The molecule has 3 amide bonds. The molecule has 3 aliphatic heterocycles. The van der Waals surface area contributed by atoms with Crippen molar-refractivity contribution in [3.8, 4) is 28.2 Å². The van der Waals surface area contributed by atoms with Crippen LogP contribution in [0.4, 0.5) is 0 Å². The number of carbonyl (C=O) groups excluding carboxylic acids is 3. The fourth-order valence-electron chi connectivity index (χ4n) is 6.77. The fourth-order valence-corrected chi connectivity index (χ4v) is 8.40. The topological polar surface area (TPSA) is 204 Å². The van der Waals surface area contributed by atoms with Crippen molar-refractivity contribution in [2.24, 2.45) is 0 Å². The highest BCUT2D eigenvalue weighted by atomic mass is 32.2. The number of hydrogen-bond acceptors (Lipinski definition) is 9. The summed E-state index contributed by atoms with van der Waals surface area (Å²) >= 11 is 1.27. The van der Waals surface area contributed by atoms with E-state index in [4.69, 9.17) is 4.42 Å². The summed E-state index contributed by atoms with van der Waals surface area (Å²) in [5, 5.41) is 35.4. The smallest absolute Gasteiger partial charge is 0.336 e. The second-order valence-electron chi connectivity index (χ2n) is 12.8. The van der Waals surface area contributed by atoms with Crippen LogP contribution >= 0.6 is 11.8 Å². The van der Waals surface area contributed by atoms with Gasteiger partial charge < -0.3 is 35.3 Å². The van der Waals surface area contributed by atoms with E-state index < -0.39 is 57.9 Å². The van der Waals surface area contributed by atoms with Crippen molar-refractivity contribution in [1.82, 2.24) is 15.5 Å². The van der Waals surface area contributed by atoms with Gasteiger partial charge in [0.15, 0.2) is 5.43 Å². The lowest BCUT2D eigenvalue weighted by Gasteiger charge is -2.44. The third-order valence-corrected chi connectivity index (χ3v) is 10.7. The second-order valence-corrected chi connectivity index (χ2v) is 14.6. The van der Waals surface area contributed by atoms with Crippen LogP contribution in [-0.4, -0.2) is 72.1 Å².